The molecule has 0 bridgehead atoms. The number of carbonyl (C=O) groups excluding carboxylic acids is 2. The number of aryl methyl sites for hydroxylation is 2. The highest BCUT2D eigenvalue weighted by Gasteiger charge is 2.34. The molecular formula is C19H23N3O4. The number of anilines is 1. The molecule has 1 unspecified atom stereocenters. The Morgan fingerprint density at radius 2 is 2.08 bits per heavy atom. The van der Waals surface area contributed by atoms with E-state index in [1.807, 2.05) is 18.7 Å². The SMILES string of the molecule is CCc1onc(C)c1C1CCCN1C(=O)Nc1ccc(C(=O)OC)cc1. The number of benzene rings is 1. The number of aromatic nitrogens is 1. The first-order valence-electron chi connectivity index (χ1n) is 8.76. The van der Waals surface area contributed by atoms with Gasteiger partial charge in [0.2, 0.25) is 0 Å². The first kappa shape index (κ1) is 18.0. The number of hydrogen-bond acceptors (Lipinski definition) is 5. The molecule has 1 aromatic carbocycles. The third-order valence-corrected chi connectivity index (χ3v) is 4.71. The van der Waals surface area contributed by atoms with Gasteiger partial charge in [0.15, 0.2) is 0 Å². The largest absolute Gasteiger partial charge is 0.465 e. The summed E-state index contributed by atoms with van der Waals surface area (Å²) in [6.45, 7) is 4.62. The van der Waals surface area contributed by atoms with Crippen molar-refractivity contribution in [2.45, 2.75) is 39.2 Å². The maximum Gasteiger partial charge on any atom is 0.337 e. The number of nitrogens with zero attached hydrogens (tertiary/aromatic N) is 2. The van der Waals surface area contributed by atoms with E-state index in [4.69, 9.17) is 4.52 Å². The van der Waals surface area contributed by atoms with E-state index < -0.39 is 5.97 Å². The number of nitrogens with one attached hydrogen (secondary N) is 1. The van der Waals surface area contributed by atoms with Gasteiger partial charge in [-0.25, -0.2) is 9.59 Å². The highest BCUT2D eigenvalue weighted by Crippen LogP contribution is 2.36. The zero-order valence-electron chi connectivity index (χ0n) is 15.2. The van der Waals surface area contributed by atoms with Crippen molar-refractivity contribution in [3.63, 3.8) is 0 Å². The zero-order valence-corrected chi connectivity index (χ0v) is 15.2. The summed E-state index contributed by atoms with van der Waals surface area (Å²) in [7, 11) is 1.34. The number of amides is 2. The van der Waals surface area contributed by atoms with Gasteiger partial charge in [-0.15, -0.1) is 0 Å². The van der Waals surface area contributed by atoms with Crippen LogP contribution in [0.3, 0.4) is 0 Å². The van der Waals surface area contributed by atoms with Crippen molar-refractivity contribution in [2.24, 2.45) is 0 Å². The van der Waals surface area contributed by atoms with Gasteiger partial charge >= 0.3 is 12.0 Å². The third-order valence-electron chi connectivity index (χ3n) is 4.71. The average Bonchev–Trinajstić information content (AvgIpc) is 3.27. The summed E-state index contributed by atoms with van der Waals surface area (Å²) in [6, 6.07) is 6.45. The molecule has 1 aromatic heterocycles. The lowest BCUT2D eigenvalue weighted by molar-refractivity contribution is 0.0600. The second-order valence-electron chi connectivity index (χ2n) is 6.31. The molecule has 1 atom stereocenters. The van der Waals surface area contributed by atoms with Crippen LogP contribution < -0.4 is 5.32 Å². The lowest BCUT2D eigenvalue weighted by Gasteiger charge is -2.25. The predicted molar refractivity (Wildman–Crippen MR) is 96.1 cm³/mol. The van der Waals surface area contributed by atoms with Crippen LogP contribution in [-0.4, -0.2) is 35.7 Å². The Hall–Kier alpha value is -2.83. The molecule has 1 fully saturated rings. The number of urea groups is 1. The van der Waals surface area contributed by atoms with Crippen molar-refractivity contribution in [1.82, 2.24) is 10.1 Å². The minimum absolute atomic E-state index is 0.0226. The highest BCUT2D eigenvalue weighted by molar-refractivity contribution is 5.92. The Balaban J connectivity index is 1.74. The number of esters is 1. The molecule has 2 amide bonds. The molecule has 0 spiro atoms. The topological polar surface area (TPSA) is 84.7 Å². The van der Waals surface area contributed by atoms with Crippen LogP contribution in [0, 0.1) is 6.92 Å². The van der Waals surface area contributed by atoms with E-state index in [0.29, 0.717) is 17.8 Å². The Bertz CT molecular complexity index is 798. The van der Waals surface area contributed by atoms with Crippen LogP contribution in [0.15, 0.2) is 28.8 Å². The number of ether oxygens (including phenoxy) is 1. The molecule has 0 radical (unpaired) electrons. The molecule has 1 saturated heterocycles. The van der Waals surface area contributed by atoms with Crippen LogP contribution in [0.1, 0.15) is 53.2 Å². The summed E-state index contributed by atoms with van der Waals surface area (Å²) in [5.41, 5.74) is 2.94. The summed E-state index contributed by atoms with van der Waals surface area (Å²) in [5.74, 6) is 0.437. The Kier molecular flexibility index (Phi) is 5.25. The van der Waals surface area contributed by atoms with Gasteiger partial charge in [0.05, 0.1) is 24.4 Å². The van der Waals surface area contributed by atoms with Crippen molar-refractivity contribution < 1.29 is 18.8 Å². The molecular weight excluding hydrogens is 334 g/mol. The second kappa shape index (κ2) is 7.59. The molecule has 0 aliphatic carbocycles. The van der Waals surface area contributed by atoms with E-state index in [9.17, 15) is 9.59 Å². The van der Waals surface area contributed by atoms with E-state index in [1.165, 1.54) is 7.11 Å². The summed E-state index contributed by atoms with van der Waals surface area (Å²) in [6.07, 6.45) is 2.58. The first-order chi connectivity index (χ1) is 12.5. The Labute approximate surface area is 152 Å². The number of likely N-dealkylation sites (tertiary alicyclic amines) is 1. The molecule has 1 aliphatic heterocycles. The standard InChI is InChI=1S/C19H23N3O4/c1-4-16-17(12(2)21-26-16)15-6-5-11-22(15)19(24)20-14-9-7-13(8-10-14)18(23)25-3/h7-10,15H,4-6,11H2,1-3H3,(H,20,24). The van der Waals surface area contributed by atoms with Crippen molar-refractivity contribution >= 4 is 17.7 Å². The molecule has 1 N–H and O–H groups in total. The smallest absolute Gasteiger partial charge is 0.337 e. The van der Waals surface area contributed by atoms with Crippen LogP contribution >= 0.6 is 0 Å². The molecule has 7 heteroatoms. The number of hydrogen-bond donors (Lipinski definition) is 1. The second-order valence-corrected chi connectivity index (χ2v) is 6.31. The van der Waals surface area contributed by atoms with E-state index in [-0.39, 0.29) is 12.1 Å². The maximum atomic E-state index is 12.8. The van der Waals surface area contributed by atoms with Gasteiger partial charge in [-0.3, -0.25) is 0 Å². The maximum absolute atomic E-state index is 12.8. The van der Waals surface area contributed by atoms with Crippen molar-refractivity contribution in [3.8, 4) is 0 Å². The van der Waals surface area contributed by atoms with Crippen LogP contribution in [0.25, 0.3) is 0 Å². The monoisotopic (exact) mass is 357 g/mol. The van der Waals surface area contributed by atoms with Crippen LogP contribution in [-0.2, 0) is 11.2 Å². The predicted octanol–water partition coefficient (Wildman–Crippen LogP) is 3.70. The Morgan fingerprint density at radius 1 is 1.35 bits per heavy atom. The zero-order chi connectivity index (χ0) is 18.7. The fraction of sp³-hybridized carbons (Fsp3) is 0.421. The molecule has 2 heterocycles. The fourth-order valence-corrected chi connectivity index (χ4v) is 3.42. The van der Waals surface area contributed by atoms with Gasteiger partial charge in [0, 0.05) is 24.2 Å². The summed E-state index contributed by atoms with van der Waals surface area (Å²) in [5, 5.41) is 6.97. The molecule has 26 heavy (non-hydrogen) atoms. The minimum atomic E-state index is -0.405. The summed E-state index contributed by atoms with van der Waals surface area (Å²) >= 11 is 0. The van der Waals surface area contributed by atoms with E-state index in [0.717, 1.165) is 36.3 Å². The molecule has 7 nitrogen and oxygen atoms in total. The van der Waals surface area contributed by atoms with Gasteiger partial charge in [-0.05, 0) is 44.0 Å². The van der Waals surface area contributed by atoms with Gasteiger partial charge < -0.3 is 19.5 Å². The molecule has 138 valence electrons. The van der Waals surface area contributed by atoms with Crippen LogP contribution in [0.2, 0.25) is 0 Å². The molecule has 2 aromatic rings. The lowest BCUT2D eigenvalue weighted by atomic mass is 10.0. The van der Waals surface area contributed by atoms with Crippen molar-refractivity contribution in [2.75, 3.05) is 19.0 Å². The van der Waals surface area contributed by atoms with Crippen LogP contribution in [0.4, 0.5) is 10.5 Å². The number of carbonyl (C=O) groups is 2. The van der Waals surface area contributed by atoms with Crippen molar-refractivity contribution in [3.05, 3.63) is 46.8 Å². The van der Waals surface area contributed by atoms with Gasteiger partial charge in [-0.2, -0.15) is 0 Å². The molecule has 3 rings (SSSR count). The lowest BCUT2D eigenvalue weighted by Crippen LogP contribution is -2.34. The van der Waals surface area contributed by atoms with Crippen molar-refractivity contribution in [1.29, 1.82) is 0 Å². The number of methoxy groups -OCH3 is 1. The molecule has 0 saturated carbocycles. The number of rotatable bonds is 4. The fourth-order valence-electron chi connectivity index (χ4n) is 3.42. The average molecular weight is 357 g/mol. The van der Waals surface area contributed by atoms with E-state index in [1.54, 1.807) is 24.3 Å². The quantitative estimate of drug-likeness (QED) is 0.844. The van der Waals surface area contributed by atoms with Gasteiger partial charge in [0.1, 0.15) is 5.76 Å². The Morgan fingerprint density at radius 3 is 2.73 bits per heavy atom. The third kappa shape index (κ3) is 3.42. The molecule has 1 aliphatic rings. The highest BCUT2D eigenvalue weighted by atomic mass is 16.5. The summed E-state index contributed by atoms with van der Waals surface area (Å²) in [4.78, 5) is 26.1. The first-order valence-corrected chi connectivity index (χ1v) is 8.76. The van der Waals surface area contributed by atoms with E-state index in [2.05, 4.69) is 15.2 Å². The normalized spacial score (nSPS) is 16.6. The van der Waals surface area contributed by atoms with Gasteiger partial charge in [0.25, 0.3) is 0 Å². The summed E-state index contributed by atoms with van der Waals surface area (Å²) < 4.78 is 10.1. The van der Waals surface area contributed by atoms with Gasteiger partial charge in [-0.1, -0.05) is 12.1 Å². The van der Waals surface area contributed by atoms with Crippen LogP contribution in [0.5, 0.6) is 0 Å². The van der Waals surface area contributed by atoms with E-state index >= 15 is 0 Å². The minimum Gasteiger partial charge on any atom is -0.465 e.